The summed E-state index contributed by atoms with van der Waals surface area (Å²) in [6, 6.07) is 10.4. The van der Waals surface area contributed by atoms with Crippen molar-refractivity contribution >= 4 is 22.8 Å². The first-order chi connectivity index (χ1) is 19.8. The van der Waals surface area contributed by atoms with Crippen LogP contribution < -0.4 is 11.4 Å². The SMILES string of the molecule is Nc1cc(CN2CCC(C(=O)N3CCC(n4c(=O)n(-c5cc(F)cc(F)c5)c5cc(F)ccc54)CC3)CC2)ccn1. The molecule has 2 aromatic heterocycles. The van der Waals surface area contributed by atoms with Gasteiger partial charge in [0.25, 0.3) is 0 Å². The lowest BCUT2D eigenvalue weighted by molar-refractivity contribution is -0.138. The van der Waals surface area contributed by atoms with Gasteiger partial charge in [0.05, 0.1) is 16.7 Å². The highest BCUT2D eigenvalue weighted by atomic mass is 19.1. The van der Waals surface area contributed by atoms with Crippen LogP contribution in [0.1, 0.15) is 37.3 Å². The molecule has 0 radical (unpaired) electrons. The van der Waals surface area contributed by atoms with E-state index in [4.69, 9.17) is 5.73 Å². The van der Waals surface area contributed by atoms with Crippen LogP contribution in [0.4, 0.5) is 19.0 Å². The third-order valence-corrected chi connectivity index (χ3v) is 8.27. The maximum absolute atomic E-state index is 14.2. The normalized spacial score (nSPS) is 17.4. The number of imidazole rings is 1. The van der Waals surface area contributed by atoms with E-state index in [2.05, 4.69) is 9.88 Å². The van der Waals surface area contributed by atoms with Gasteiger partial charge in [0.2, 0.25) is 5.91 Å². The molecule has 1 amide bonds. The predicted octanol–water partition coefficient (Wildman–Crippen LogP) is 4.26. The van der Waals surface area contributed by atoms with Gasteiger partial charge in [0, 0.05) is 49.9 Å². The van der Waals surface area contributed by atoms with Gasteiger partial charge in [-0.3, -0.25) is 18.8 Å². The van der Waals surface area contributed by atoms with Crippen molar-refractivity contribution in [2.45, 2.75) is 38.3 Å². The predicted molar refractivity (Wildman–Crippen MR) is 149 cm³/mol. The van der Waals surface area contributed by atoms with Crippen molar-refractivity contribution in [3.63, 3.8) is 0 Å². The topological polar surface area (TPSA) is 89.4 Å². The minimum Gasteiger partial charge on any atom is -0.384 e. The first-order valence-electron chi connectivity index (χ1n) is 13.9. The molecule has 4 heterocycles. The summed E-state index contributed by atoms with van der Waals surface area (Å²) in [4.78, 5) is 35.2. The standard InChI is InChI=1S/C30H31F3N6O2/c31-21-1-2-26-27(17-21)39(25-15-22(32)14-23(33)16-25)30(41)38(26)24-6-11-37(12-7-24)29(40)20-4-9-36(10-5-20)18-19-3-8-35-28(34)13-19/h1-3,8,13-17,20,24H,4-7,9-12,18H2,(H2,34,35). The van der Waals surface area contributed by atoms with E-state index in [0.717, 1.165) is 60.8 Å². The second-order valence-electron chi connectivity index (χ2n) is 10.9. The number of fused-ring (bicyclic) bond motifs is 1. The van der Waals surface area contributed by atoms with E-state index in [-0.39, 0.29) is 29.1 Å². The number of hydrogen-bond acceptors (Lipinski definition) is 5. The van der Waals surface area contributed by atoms with Crippen LogP contribution in [0.25, 0.3) is 16.7 Å². The Balaban J connectivity index is 1.14. The van der Waals surface area contributed by atoms with Gasteiger partial charge in [-0.05, 0) is 80.7 Å². The number of halogens is 3. The monoisotopic (exact) mass is 564 g/mol. The summed E-state index contributed by atoms with van der Waals surface area (Å²) in [7, 11) is 0. The summed E-state index contributed by atoms with van der Waals surface area (Å²) in [6.07, 6.45) is 4.35. The quantitative estimate of drug-likeness (QED) is 0.391. The number of piperidine rings is 2. The Bertz CT molecular complexity index is 1630. The second kappa shape index (κ2) is 11.0. The van der Waals surface area contributed by atoms with Crippen LogP contribution in [0.2, 0.25) is 0 Å². The smallest absolute Gasteiger partial charge is 0.333 e. The lowest BCUT2D eigenvalue weighted by Gasteiger charge is -2.37. The Kier molecular flexibility index (Phi) is 7.29. The number of benzene rings is 2. The van der Waals surface area contributed by atoms with Crippen LogP contribution in [0, 0.1) is 23.4 Å². The van der Waals surface area contributed by atoms with Crippen LogP contribution >= 0.6 is 0 Å². The molecule has 214 valence electrons. The molecule has 2 aliphatic heterocycles. The molecule has 41 heavy (non-hydrogen) atoms. The van der Waals surface area contributed by atoms with Crippen molar-refractivity contribution in [3.05, 3.63) is 88.2 Å². The van der Waals surface area contributed by atoms with Gasteiger partial charge in [-0.1, -0.05) is 0 Å². The van der Waals surface area contributed by atoms with E-state index in [1.807, 2.05) is 17.0 Å². The fourth-order valence-corrected chi connectivity index (χ4v) is 6.26. The zero-order valence-electron chi connectivity index (χ0n) is 22.5. The molecule has 0 saturated carbocycles. The molecule has 2 aromatic carbocycles. The minimum absolute atomic E-state index is 0.00629. The Morgan fingerprint density at radius 1 is 0.854 bits per heavy atom. The number of rotatable bonds is 5. The maximum atomic E-state index is 14.2. The summed E-state index contributed by atoms with van der Waals surface area (Å²) in [5.74, 6) is -1.62. The number of pyridine rings is 1. The lowest BCUT2D eigenvalue weighted by Crippen LogP contribution is -2.46. The van der Waals surface area contributed by atoms with Crippen molar-refractivity contribution in [3.8, 4) is 5.69 Å². The van der Waals surface area contributed by atoms with E-state index in [9.17, 15) is 22.8 Å². The highest BCUT2D eigenvalue weighted by Crippen LogP contribution is 2.30. The van der Waals surface area contributed by atoms with E-state index >= 15 is 0 Å². The van der Waals surface area contributed by atoms with Gasteiger partial charge in [0.15, 0.2) is 0 Å². The number of carbonyl (C=O) groups excluding carboxylic acids is 1. The number of aromatic nitrogens is 3. The van der Waals surface area contributed by atoms with Crippen LogP contribution in [0.3, 0.4) is 0 Å². The summed E-state index contributed by atoms with van der Waals surface area (Å²) in [5.41, 5.74) is 7.11. The average molecular weight is 565 g/mol. The molecule has 0 spiro atoms. The molecule has 6 rings (SSSR count). The number of nitrogens with zero attached hydrogens (tertiary/aromatic N) is 5. The van der Waals surface area contributed by atoms with E-state index in [1.54, 1.807) is 10.8 Å². The summed E-state index contributed by atoms with van der Waals surface area (Å²) in [6.45, 7) is 3.40. The highest BCUT2D eigenvalue weighted by Gasteiger charge is 2.32. The van der Waals surface area contributed by atoms with E-state index < -0.39 is 23.1 Å². The molecule has 2 saturated heterocycles. The molecular formula is C30H31F3N6O2. The van der Waals surface area contributed by atoms with Crippen molar-refractivity contribution in [2.75, 3.05) is 31.9 Å². The van der Waals surface area contributed by atoms with Crippen LogP contribution in [0.5, 0.6) is 0 Å². The van der Waals surface area contributed by atoms with Crippen molar-refractivity contribution in [2.24, 2.45) is 5.92 Å². The number of nitrogens with two attached hydrogens (primary N) is 1. The Morgan fingerprint density at radius 3 is 2.24 bits per heavy atom. The van der Waals surface area contributed by atoms with Gasteiger partial charge < -0.3 is 10.6 Å². The molecule has 2 fully saturated rings. The van der Waals surface area contributed by atoms with E-state index in [0.29, 0.717) is 37.3 Å². The molecule has 0 atom stereocenters. The molecule has 11 heteroatoms. The van der Waals surface area contributed by atoms with E-state index in [1.165, 1.54) is 18.2 Å². The van der Waals surface area contributed by atoms with Crippen LogP contribution in [-0.4, -0.2) is 56.0 Å². The Hall–Kier alpha value is -4.12. The molecular weight excluding hydrogens is 533 g/mol. The van der Waals surface area contributed by atoms with Gasteiger partial charge >= 0.3 is 5.69 Å². The summed E-state index contributed by atoms with van der Waals surface area (Å²) >= 11 is 0. The molecule has 4 aromatic rings. The summed E-state index contributed by atoms with van der Waals surface area (Å²) in [5, 5.41) is 0. The fraction of sp³-hybridized carbons (Fsp3) is 0.367. The highest BCUT2D eigenvalue weighted by molar-refractivity contribution is 5.80. The van der Waals surface area contributed by atoms with Gasteiger partial charge in [-0.2, -0.15) is 0 Å². The number of likely N-dealkylation sites (tertiary alicyclic amines) is 2. The third kappa shape index (κ3) is 5.46. The molecule has 0 bridgehead atoms. The van der Waals surface area contributed by atoms with Gasteiger partial charge in [-0.15, -0.1) is 0 Å². The zero-order valence-corrected chi connectivity index (χ0v) is 22.5. The van der Waals surface area contributed by atoms with Crippen molar-refractivity contribution in [1.29, 1.82) is 0 Å². The summed E-state index contributed by atoms with van der Waals surface area (Å²) < 4.78 is 45.0. The first-order valence-corrected chi connectivity index (χ1v) is 13.9. The molecule has 2 N–H and O–H groups in total. The first kappa shape index (κ1) is 27.1. The zero-order chi connectivity index (χ0) is 28.7. The van der Waals surface area contributed by atoms with Gasteiger partial charge in [-0.25, -0.2) is 22.9 Å². The fourth-order valence-electron chi connectivity index (χ4n) is 6.26. The van der Waals surface area contributed by atoms with Crippen LogP contribution in [-0.2, 0) is 11.3 Å². The second-order valence-corrected chi connectivity index (χ2v) is 10.9. The minimum atomic E-state index is -0.830. The van der Waals surface area contributed by atoms with Crippen molar-refractivity contribution in [1.82, 2.24) is 23.9 Å². The number of carbonyl (C=O) groups is 1. The molecule has 2 aliphatic rings. The number of amides is 1. The Labute approximate surface area is 234 Å². The Morgan fingerprint density at radius 2 is 1.56 bits per heavy atom. The van der Waals surface area contributed by atoms with Gasteiger partial charge in [0.1, 0.15) is 23.3 Å². The lowest BCUT2D eigenvalue weighted by atomic mass is 9.93. The maximum Gasteiger partial charge on any atom is 0.333 e. The molecule has 0 aliphatic carbocycles. The van der Waals surface area contributed by atoms with Crippen LogP contribution in [0.15, 0.2) is 59.5 Å². The molecule has 0 unspecified atom stereocenters. The largest absolute Gasteiger partial charge is 0.384 e. The number of hydrogen-bond donors (Lipinski definition) is 1. The number of nitrogen functional groups attached to an aromatic ring is 1. The molecule has 8 nitrogen and oxygen atoms in total. The third-order valence-electron chi connectivity index (χ3n) is 8.27. The van der Waals surface area contributed by atoms with Crippen molar-refractivity contribution < 1.29 is 18.0 Å². The average Bonchev–Trinajstić information content (AvgIpc) is 3.23. The number of anilines is 1.